The van der Waals surface area contributed by atoms with Crippen LogP contribution in [0.5, 0.6) is 0 Å². The van der Waals surface area contributed by atoms with E-state index in [2.05, 4.69) is 34.3 Å². The van der Waals surface area contributed by atoms with Crippen LogP contribution >= 0.6 is 0 Å². The van der Waals surface area contributed by atoms with Crippen LogP contribution in [0.2, 0.25) is 0 Å². The van der Waals surface area contributed by atoms with E-state index in [4.69, 9.17) is 4.99 Å². The van der Waals surface area contributed by atoms with Crippen LogP contribution in [0.4, 0.5) is 0 Å². The predicted octanol–water partition coefficient (Wildman–Crippen LogP) is 5.41. The summed E-state index contributed by atoms with van der Waals surface area (Å²) in [5, 5.41) is 5.68. The number of aliphatic imine (C=N–C) groups is 1. The van der Waals surface area contributed by atoms with E-state index in [0.29, 0.717) is 35.2 Å². The average molecular weight is 502 g/mol. The topological polar surface area (TPSA) is 70.6 Å². The molecular weight excluding hydrogens is 466 g/mol. The highest BCUT2D eigenvalue weighted by Gasteiger charge is 2.35. The lowest BCUT2D eigenvalue weighted by Gasteiger charge is -2.29. The smallest absolute Gasteiger partial charge is 0.240 e. The van der Waals surface area contributed by atoms with Gasteiger partial charge in [-0.3, -0.25) is 4.99 Å². The van der Waals surface area contributed by atoms with Crippen molar-refractivity contribution in [3.05, 3.63) is 77.9 Å². The Hall–Kier alpha value is -2.70. The van der Waals surface area contributed by atoms with Gasteiger partial charge >= 0.3 is 0 Å². The summed E-state index contributed by atoms with van der Waals surface area (Å²) in [6.07, 6.45) is 7.75. The first-order valence-electron chi connectivity index (χ1n) is 13.4. The molecule has 3 aromatic carbocycles. The molecule has 5 nitrogen and oxygen atoms in total. The third-order valence-electron chi connectivity index (χ3n) is 8.52. The highest BCUT2D eigenvalue weighted by atomic mass is 32.2. The molecule has 2 atom stereocenters. The second kappa shape index (κ2) is 9.98. The Morgan fingerprint density at radius 1 is 0.806 bits per heavy atom. The van der Waals surface area contributed by atoms with Gasteiger partial charge in [0.25, 0.3) is 0 Å². The third kappa shape index (κ3) is 4.94. The van der Waals surface area contributed by atoms with Gasteiger partial charge in [-0.05, 0) is 84.4 Å². The lowest BCUT2D eigenvalue weighted by atomic mass is 9.79. The highest BCUT2D eigenvalue weighted by Crippen LogP contribution is 2.39. The van der Waals surface area contributed by atoms with Crippen molar-refractivity contribution in [3.63, 3.8) is 0 Å². The lowest BCUT2D eigenvalue weighted by molar-refractivity contribution is 0.275. The summed E-state index contributed by atoms with van der Waals surface area (Å²) < 4.78 is 28.6. The number of nitrogens with one attached hydrogen (secondary N) is 2. The molecule has 6 rings (SSSR count). The molecule has 3 aromatic rings. The number of hydrogen-bond donors (Lipinski definition) is 2. The minimum Gasteiger partial charge on any atom is -0.374 e. The lowest BCUT2D eigenvalue weighted by Crippen LogP contribution is -2.34. The Morgan fingerprint density at radius 3 is 2.36 bits per heavy atom. The summed E-state index contributed by atoms with van der Waals surface area (Å²) in [4.78, 5) is 5.39. The molecule has 0 saturated heterocycles. The summed E-state index contributed by atoms with van der Waals surface area (Å²) in [6, 6.07) is 22.5. The first-order chi connectivity index (χ1) is 17.5. The Labute approximate surface area is 214 Å². The summed E-state index contributed by atoms with van der Waals surface area (Å²) in [6.45, 7) is 1.50. The fourth-order valence-electron chi connectivity index (χ4n) is 6.36. The fraction of sp³-hybridized carbons (Fsp3) is 0.433. The van der Waals surface area contributed by atoms with E-state index in [-0.39, 0.29) is 0 Å². The van der Waals surface area contributed by atoms with Crippen molar-refractivity contribution in [3.8, 4) is 0 Å². The molecule has 0 radical (unpaired) electrons. The predicted molar refractivity (Wildman–Crippen MR) is 146 cm³/mol. The Balaban J connectivity index is 0.967. The van der Waals surface area contributed by atoms with Crippen molar-refractivity contribution in [2.45, 2.75) is 61.8 Å². The monoisotopic (exact) mass is 501 g/mol. The van der Waals surface area contributed by atoms with Crippen molar-refractivity contribution >= 4 is 26.6 Å². The Morgan fingerprint density at radius 2 is 1.53 bits per heavy atom. The first-order valence-corrected chi connectivity index (χ1v) is 14.9. The van der Waals surface area contributed by atoms with Crippen LogP contribution < -0.4 is 10.0 Å². The van der Waals surface area contributed by atoms with Crippen molar-refractivity contribution in [2.75, 3.05) is 13.1 Å². The van der Waals surface area contributed by atoms with Gasteiger partial charge in [-0.25, -0.2) is 13.1 Å². The molecule has 2 N–H and O–H groups in total. The number of nitrogens with zero attached hydrogens (tertiary/aromatic N) is 1. The molecule has 6 heteroatoms. The Bertz CT molecular complexity index is 1380. The molecule has 188 valence electrons. The van der Waals surface area contributed by atoms with Gasteiger partial charge in [0, 0.05) is 25.4 Å². The van der Waals surface area contributed by atoms with Gasteiger partial charge in [0.1, 0.15) is 0 Å². The summed E-state index contributed by atoms with van der Waals surface area (Å²) in [5.41, 5.74) is 3.01. The van der Waals surface area contributed by atoms with E-state index in [0.717, 1.165) is 62.3 Å². The van der Waals surface area contributed by atoms with E-state index in [9.17, 15) is 8.42 Å². The SMILES string of the molecule is O=S(=O)(NCC1CCC(CNC2=N[C@@H]3CCc4ccccc4[C@@H]3C2)CC1)c1ccc2ccccc2c1. The maximum atomic E-state index is 12.9. The van der Waals surface area contributed by atoms with Gasteiger partial charge in [-0.15, -0.1) is 0 Å². The van der Waals surface area contributed by atoms with Crippen molar-refractivity contribution in [1.29, 1.82) is 0 Å². The molecule has 1 saturated carbocycles. The fourth-order valence-corrected chi connectivity index (χ4v) is 7.51. The number of hydrogen-bond acceptors (Lipinski definition) is 4. The number of amidine groups is 1. The van der Waals surface area contributed by atoms with Crippen LogP contribution in [0.3, 0.4) is 0 Å². The number of aryl methyl sites for hydroxylation is 1. The van der Waals surface area contributed by atoms with Gasteiger partial charge in [-0.1, -0.05) is 54.6 Å². The minimum atomic E-state index is -3.50. The normalized spacial score (nSPS) is 25.7. The highest BCUT2D eigenvalue weighted by molar-refractivity contribution is 7.89. The van der Waals surface area contributed by atoms with Gasteiger partial charge < -0.3 is 5.32 Å². The molecule has 1 heterocycles. The largest absolute Gasteiger partial charge is 0.374 e. The second-order valence-electron chi connectivity index (χ2n) is 10.8. The third-order valence-corrected chi connectivity index (χ3v) is 9.94. The number of fused-ring (bicyclic) bond motifs is 4. The molecule has 0 aromatic heterocycles. The Kier molecular flexibility index (Phi) is 6.57. The van der Waals surface area contributed by atoms with Crippen LogP contribution in [0, 0.1) is 11.8 Å². The molecule has 0 bridgehead atoms. The molecule has 0 unspecified atom stereocenters. The van der Waals surface area contributed by atoms with E-state index in [1.807, 2.05) is 30.3 Å². The van der Waals surface area contributed by atoms with E-state index in [1.165, 1.54) is 17.0 Å². The second-order valence-corrected chi connectivity index (χ2v) is 12.6. The molecule has 2 aliphatic carbocycles. The zero-order valence-corrected chi connectivity index (χ0v) is 21.5. The first kappa shape index (κ1) is 23.7. The summed E-state index contributed by atoms with van der Waals surface area (Å²) in [7, 11) is -3.50. The average Bonchev–Trinajstić information content (AvgIpc) is 3.35. The zero-order chi connectivity index (χ0) is 24.5. The minimum absolute atomic E-state index is 0.347. The number of benzene rings is 3. The maximum absolute atomic E-state index is 12.9. The van der Waals surface area contributed by atoms with Crippen LogP contribution in [-0.2, 0) is 16.4 Å². The van der Waals surface area contributed by atoms with Crippen molar-refractivity contribution in [1.82, 2.24) is 10.0 Å². The maximum Gasteiger partial charge on any atom is 0.240 e. The number of sulfonamides is 1. The van der Waals surface area contributed by atoms with E-state index >= 15 is 0 Å². The van der Waals surface area contributed by atoms with Gasteiger partial charge in [0.05, 0.1) is 16.8 Å². The molecule has 0 spiro atoms. The van der Waals surface area contributed by atoms with Crippen LogP contribution in [0.15, 0.2) is 76.6 Å². The summed E-state index contributed by atoms with van der Waals surface area (Å²) in [5.74, 6) is 2.77. The van der Waals surface area contributed by atoms with Crippen molar-refractivity contribution < 1.29 is 8.42 Å². The molecule has 1 fully saturated rings. The van der Waals surface area contributed by atoms with Crippen molar-refractivity contribution in [2.24, 2.45) is 16.8 Å². The van der Waals surface area contributed by atoms with E-state index in [1.54, 1.807) is 12.1 Å². The van der Waals surface area contributed by atoms with E-state index < -0.39 is 10.0 Å². The molecule has 36 heavy (non-hydrogen) atoms. The van der Waals surface area contributed by atoms with Crippen LogP contribution in [0.25, 0.3) is 10.8 Å². The van der Waals surface area contributed by atoms with Crippen LogP contribution in [0.1, 0.15) is 55.6 Å². The standard InChI is InChI=1S/C30H35N3O2S/c34-36(35,26-15-13-23-5-1-2-7-25(23)17-26)32-20-22-11-9-21(10-12-22)19-31-30-18-28-27-8-4-3-6-24(27)14-16-29(28)33-30/h1-8,13,15,17,21-22,28-29,32H,9-12,14,16,18-20H2,(H,31,33)/t21?,22?,28-,29+/m0/s1. The quantitative estimate of drug-likeness (QED) is 0.474. The van der Waals surface area contributed by atoms with Gasteiger partial charge in [0.15, 0.2) is 0 Å². The number of rotatable bonds is 6. The molecule has 1 aliphatic heterocycles. The molecule has 3 aliphatic rings. The molecular formula is C30H35N3O2S. The molecule has 0 amide bonds. The summed E-state index contributed by atoms with van der Waals surface area (Å²) >= 11 is 0. The van der Waals surface area contributed by atoms with Crippen LogP contribution in [-0.4, -0.2) is 33.4 Å². The van der Waals surface area contributed by atoms with Gasteiger partial charge in [0.2, 0.25) is 10.0 Å². The zero-order valence-electron chi connectivity index (χ0n) is 20.7. The van der Waals surface area contributed by atoms with Gasteiger partial charge in [-0.2, -0.15) is 0 Å².